The van der Waals surface area contributed by atoms with Crippen molar-refractivity contribution < 1.29 is 4.79 Å². The zero-order valence-electron chi connectivity index (χ0n) is 15.4. The molecular formula is C20H22N6O. The maximum atomic E-state index is 11.8. The van der Waals surface area contributed by atoms with Crippen molar-refractivity contribution in [1.82, 2.24) is 24.7 Å². The van der Waals surface area contributed by atoms with Gasteiger partial charge in [0.1, 0.15) is 0 Å². The summed E-state index contributed by atoms with van der Waals surface area (Å²) in [6.07, 6.45) is 13.1. The Hall–Kier alpha value is -3.11. The predicted molar refractivity (Wildman–Crippen MR) is 101 cm³/mol. The molecule has 138 valence electrons. The minimum atomic E-state index is -0.00827. The molecule has 0 unspecified atom stereocenters. The Bertz CT molecular complexity index is 907. The zero-order valence-corrected chi connectivity index (χ0v) is 15.4. The van der Waals surface area contributed by atoms with Crippen LogP contribution in [0.15, 0.2) is 54.7 Å². The molecule has 1 aromatic rings. The fourth-order valence-electron chi connectivity index (χ4n) is 3.91. The number of rotatable bonds is 3. The largest absolute Gasteiger partial charge is 0.339 e. The lowest BCUT2D eigenvalue weighted by Crippen LogP contribution is -2.49. The molecule has 1 saturated heterocycles. The summed E-state index contributed by atoms with van der Waals surface area (Å²) < 4.78 is 1.78. The highest BCUT2D eigenvalue weighted by Gasteiger charge is 2.36. The summed E-state index contributed by atoms with van der Waals surface area (Å²) in [6.45, 7) is 5.60. The van der Waals surface area contributed by atoms with Crippen LogP contribution in [0.4, 0.5) is 0 Å². The van der Waals surface area contributed by atoms with Crippen molar-refractivity contribution in [2.75, 3.05) is 19.6 Å². The number of hydrogen-bond acceptors (Lipinski definition) is 5. The minimum absolute atomic E-state index is 0.00827. The molecule has 4 rings (SSSR count). The van der Waals surface area contributed by atoms with Crippen LogP contribution in [-0.2, 0) is 11.8 Å². The fourth-order valence-corrected chi connectivity index (χ4v) is 3.91. The van der Waals surface area contributed by atoms with Crippen molar-refractivity contribution in [1.29, 1.82) is 5.26 Å². The molecule has 1 aromatic heterocycles. The number of allylic oxidation sites excluding steroid dienone is 3. The smallest absolute Gasteiger partial charge is 0.245 e. The molecule has 1 fully saturated rings. The van der Waals surface area contributed by atoms with Gasteiger partial charge in [0.05, 0.1) is 30.1 Å². The summed E-state index contributed by atoms with van der Waals surface area (Å²) in [4.78, 5) is 13.7. The molecule has 4 heterocycles. The van der Waals surface area contributed by atoms with Gasteiger partial charge in [0.25, 0.3) is 0 Å². The lowest BCUT2D eigenvalue weighted by Gasteiger charge is -2.41. The molecule has 0 saturated carbocycles. The molecule has 0 N–H and O–H groups in total. The van der Waals surface area contributed by atoms with E-state index in [0.717, 1.165) is 35.2 Å². The lowest BCUT2D eigenvalue weighted by atomic mass is 10.0. The van der Waals surface area contributed by atoms with E-state index in [1.807, 2.05) is 36.5 Å². The van der Waals surface area contributed by atoms with E-state index in [4.69, 9.17) is 0 Å². The molecule has 0 bridgehead atoms. The van der Waals surface area contributed by atoms with Gasteiger partial charge < -0.3 is 4.90 Å². The Morgan fingerprint density at radius 2 is 2.15 bits per heavy atom. The number of piperidine rings is 1. The van der Waals surface area contributed by atoms with Crippen LogP contribution >= 0.6 is 0 Å². The standard InChI is InChI=1S/C20H22N6O/c1-3-20(27)24-8-6-18(7-9-24)25-14-16(10-21)19-5-4-15(13-26(19)25)17-11-22-23(2)12-17/h3-5,11-13,18H,1,6-9,14H2,2H3. The van der Waals surface area contributed by atoms with Gasteiger partial charge in [-0.2, -0.15) is 10.4 Å². The van der Waals surface area contributed by atoms with Crippen molar-refractivity contribution in [2.45, 2.75) is 18.9 Å². The number of hydrogen-bond donors (Lipinski definition) is 0. The Labute approximate surface area is 158 Å². The van der Waals surface area contributed by atoms with Crippen LogP contribution in [0.5, 0.6) is 0 Å². The Balaban J connectivity index is 1.56. The zero-order chi connectivity index (χ0) is 19.0. The van der Waals surface area contributed by atoms with Crippen LogP contribution in [0.25, 0.3) is 5.57 Å². The maximum Gasteiger partial charge on any atom is 0.245 e. The molecule has 27 heavy (non-hydrogen) atoms. The summed E-state index contributed by atoms with van der Waals surface area (Å²) in [7, 11) is 1.90. The van der Waals surface area contributed by atoms with Gasteiger partial charge in [0, 0.05) is 49.7 Å². The molecule has 0 atom stereocenters. The lowest BCUT2D eigenvalue weighted by molar-refractivity contribution is -0.128. The highest BCUT2D eigenvalue weighted by Crippen LogP contribution is 2.35. The van der Waals surface area contributed by atoms with Crippen LogP contribution in [0.1, 0.15) is 18.4 Å². The van der Waals surface area contributed by atoms with Crippen molar-refractivity contribution in [2.24, 2.45) is 7.05 Å². The first-order valence-electron chi connectivity index (χ1n) is 9.10. The van der Waals surface area contributed by atoms with E-state index in [9.17, 15) is 10.1 Å². The molecule has 7 heteroatoms. The number of nitriles is 1. The summed E-state index contributed by atoms with van der Waals surface area (Å²) in [5, 5.41) is 18.2. The second-order valence-electron chi connectivity index (χ2n) is 7.00. The van der Waals surface area contributed by atoms with Crippen LogP contribution in [-0.4, -0.2) is 56.3 Å². The summed E-state index contributed by atoms with van der Waals surface area (Å²) in [5.41, 5.74) is 3.83. The summed E-state index contributed by atoms with van der Waals surface area (Å²) in [5.74, 6) is -0.00827. The van der Waals surface area contributed by atoms with Crippen molar-refractivity contribution in [3.8, 4) is 6.07 Å². The predicted octanol–water partition coefficient (Wildman–Crippen LogP) is 1.82. The van der Waals surface area contributed by atoms with Gasteiger partial charge in [-0.1, -0.05) is 12.7 Å². The van der Waals surface area contributed by atoms with E-state index >= 15 is 0 Å². The van der Waals surface area contributed by atoms with Crippen molar-refractivity contribution in [3.63, 3.8) is 0 Å². The van der Waals surface area contributed by atoms with Gasteiger partial charge in [-0.05, 0) is 25.0 Å². The van der Waals surface area contributed by atoms with Gasteiger partial charge in [0.15, 0.2) is 0 Å². The Morgan fingerprint density at radius 1 is 1.37 bits per heavy atom. The molecule has 0 aliphatic carbocycles. The van der Waals surface area contributed by atoms with Gasteiger partial charge in [-0.25, -0.2) is 5.01 Å². The van der Waals surface area contributed by atoms with E-state index in [1.54, 1.807) is 4.68 Å². The third kappa shape index (κ3) is 3.09. The molecule has 1 amide bonds. The summed E-state index contributed by atoms with van der Waals surface area (Å²) >= 11 is 0. The Morgan fingerprint density at radius 3 is 2.78 bits per heavy atom. The number of nitrogens with zero attached hydrogens (tertiary/aromatic N) is 6. The van der Waals surface area contributed by atoms with E-state index in [2.05, 4.69) is 34.0 Å². The van der Waals surface area contributed by atoms with Gasteiger partial charge in [0.2, 0.25) is 5.91 Å². The van der Waals surface area contributed by atoms with Crippen LogP contribution < -0.4 is 0 Å². The number of hydrazine groups is 1. The molecule has 3 aliphatic rings. The first kappa shape index (κ1) is 17.3. The van der Waals surface area contributed by atoms with Crippen LogP contribution in [0.3, 0.4) is 0 Å². The van der Waals surface area contributed by atoms with Crippen LogP contribution in [0.2, 0.25) is 0 Å². The second-order valence-corrected chi connectivity index (χ2v) is 7.00. The number of carbonyl (C=O) groups is 1. The first-order chi connectivity index (χ1) is 13.1. The average molecular weight is 362 g/mol. The highest BCUT2D eigenvalue weighted by atomic mass is 16.2. The number of carbonyl (C=O) groups excluding carboxylic acids is 1. The van der Waals surface area contributed by atoms with E-state index in [-0.39, 0.29) is 11.9 Å². The second kappa shape index (κ2) is 6.89. The number of aryl methyl sites for hydroxylation is 1. The van der Waals surface area contributed by atoms with E-state index in [1.165, 1.54) is 6.08 Å². The monoisotopic (exact) mass is 362 g/mol. The molecule has 7 nitrogen and oxygen atoms in total. The molecule has 3 aliphatic heterocycles. The summed E-state index contributed by atoms with van der Waals surface area (Å²) in [6, 6.07) is 2.64. The maximum absolute atomic E-state index is 11.8. The molecule has 0 aromatic carbocycles. The average Bonchev–Trinajstić information content (AvgIpc) is 3.30. The normalized spacial score (nSPS) is 20.5. The number of likely N-dealkylation sites (tertiary alicyclic amines) is 1. The number of aromatic nitrogens is 2. The fraction of sp³-hybridized carbons (Fsp3) is 0.350. The highest BCUT2D eigenvalue weighted by molar-refractivity contribution is 5.87. The van der Waals surface area contributed by atoms with E-state index < -0.39 is 0 Å². The Kier molecular flexibility index (Phi) is 4.42. The van der Waals surface area contributed by atoms with Crippen LogP contribution in [0, 0.1) is 11.3 Å². The van der Waals surface area contributed by atoms with Gasteiger partial charge in [-0.15, -0.1) is 0 Å². The quantitative estimate of drug-likeness (QED) is 0.767. The SMILES string of the molecule is C=CC(=O)N1CCC(N2CC(C#N)=C3C=CC(c4cnn(C)c4)=CN32)CC1. The molecule has 0 radical (unpaired) electrons. The van der Waals surface area contributed by atoms with Gasteiger partial charge in [-0.3, -0.25) is 14.5 Å². The van der Waals surface area contributed by atoms with Crippen molar-refractivity contribution >= 4 is 11.5 Å². The number of fused-ring (bicyclic) bond motifs is 1. The third-order valence-electron chi connectivity index (χ3n) is 5.38. The molecular weight excluding hydrogens is 340 g/mol. The number of amides is 1. The van der Waals surface area contributed by atoms with Crippen molar-refractivity contribution in [3.05, 3.63) is 60.2 Å². The molecule has 0 spiro atoms. The minimum Gasteiger partial charge on any atom is -0.339 e. The van der Waals surface area contributed by atoms with E-state index in [0.29, 0.717) is 19.6 Å². The topological polar surface area (TPSA) is 68.4 Å². The third-order valence-corrected chi connectivity index (χ3v) is 5.38. The first-order valence-corrected chi connectivity index (χ1v) is 9.10. The van der Waals surface area contributed by atoms with Gasteiger partial charge >= 0.3 is 0 Å².